The molecule has 1 N–H and O–H groups in total. The Kier molecular flexibility index (Phi) is 6.95. The molecule has 2 fully saturated rings. The van der Waals surface area contributed by atoms with E-state index in [1.807, 2.05) is 6.07 Å². The van der Waals surface area contributed by atoms with E-state index in [9.17, 15) is 18.8 Å². The summed E-state index contributed by atoms with van der Waals surface area (Å²) in [5, 5.41) is 2.33. The fraction of sp³-hybridized carbons (Fsp3) is 0.464. The van der Waals surface area contributed by atoms with E-state index < -0.39 is 17.8 Å². The number of fused-ring (bicyclic) bond motifs is 1. The summed E-state index contributed by atoms with van der Waals surface area (Å²) in [4.78, 5) is 41.0. The molecule has 35 heavy (non-hydrogen) atoms. The Labute approximate surface area is 205 Å². The lowest BCUT2D eigenvalue weighted by atomic mass is 9.85. The maximum atomic E-state index is 14.6. The number of amides is 3. The van der Waals surface area contributed by atoms with Gasteiger partial charge in [0.25, 0.3) is 5.91 Å². The number of rotatable bonds is 7. The van der Waals surface area contributed by atoms with Gasteiger partial charge in [-0.25, -0.2) is 4.39 Å². The summed E-state index contributed by atoms with van der Waals surface area (Å²) < 4.78 is 14.6. The molecule has 0 bridgehead atoms. The molecule has 2 aromatic rings. The van der Waals surface area contributed by atoms with Gasteiger partial charge in [0, 0.05) is 18.5 Å². The van der Waals surface area contributed by atoms with Gasteiger partial charge in [-0.1, -0.05) is 30.3 Å². The predicted octanol–water partition coefficient (Wildman–Crippen LogP) is 3.79. The summed E-state index contributed by atoms with van der Waals surface area (Å²) in [5.74, 6) is -1.26. The second kappa shape index (κ2) is 10.3. The topological polar surface area (TPSA) is 69.7 Å². The van der Waals surface area contributed by atoms with Crippen molar-refractivity contribution >= 4 is 17.7 Å². The van der Waals surface area contributed by atoms with Gasteiger partial charge in [-0.3, -0.25) is 19.7 Å². The molecule has 0 saturated carbocycles. The number of hydrogen-bond donors (Lipinski definition) is 1. The molecule has 3 amide bonds. The van der Waals surface area contributed by atoms with Crippen LogP contribution < -0.4 is 5.32 Å². The first kappa shape index (κ1) is 23.7. The molecule has 2 saturated heterocycles. The van der Waals surface area contributed by atoms with Gasteiger partial charge in [0.1, 0.15) is 11.9 Å². The SMILES string of the molecule is O=C1CCC(N2Cc3c(cc(F)cc3C3CCN(CCCCc4ccccc4)CC3)C2=O)C(=O)N1. The van der Waals surface area contributed by atoms with Crippen LogP contribution in [0.2, 0.25) is 0 Å². The van der Waals surface area contributed by atoms with Crippen molar-refractivity contribution in [1.29, 1.82) is 0 Å². The van der Waals surface area contributed by atoms with Crippen LogP contribution in [0.25, 0.3) is 0 Å². The molecule has 0 radical (unpaired) electrons. The molecule has 2 aromatic carbocycles. The Morgan fingerprint density at radius 2 is 1.74 bits per heavy atom. The third-order valence-corrected chi connectivity index (χ3v) is 7.72. The fourth-order valence-corrected chi connectivity index (χ4v) is 5.79. The number of piperidine rings is 2. The number of nitrogens with zero attached hydrogens (tertiary/aromatic N) is 2. The number of halogens is 1. The van der Waals surface area contributed by atoms with Gasteiger partial charge in [0.2, 0.25) is 11.8 Å². The smallest absolute Gasteiger partial charge is 0.255 e. The molecule has 0 aliphatic carbocycles. The molecule has 1 atom stereocenters. The lowest BCUT2D eigenvalue weighted by Crippen LogP contribution is -2.52. The molecule has 184 valence electrons. The normalized spacial score (nSPS) is 21.3. The molecule has 3 aliphatic rings. The van der Waals surface area contributed by atoms with Crippen LogP contribution in [0.4, 0.5) is 4.39 Å². The summed E-state index contributed by atoms with van der Waals surface area (Å²) in [6.07, 6.45) is 5.81. The number of nitrogens with one attached hydrogen (secondary N) is 1. The van der Waals surface area contributed by atoms with Crippen LogP contribution in [0.5, 0.6) is 0 Å². The quantitative estimate of drug-likeness (QED) is 0.487. The van der Waals surface area contributed by atoms with Crippen LogP contribution in [-0.2, 0) is 22.6 Å². The van der Waals surface area contributed by atoms with E-state index in [0.29, 0.717) is 18.5 Å². The van der Waals surface area contributed by atoms with E-state index in [2.05, 4.69) is 34.5 Å². The lowest BCUT2D eigenvalue weighted by Gasteiger charge is -2.33. The molecule has 3 heterocycles. The first-order valence-corrected chi connectivity index (χ1v) is 12.7. The minimum Gasteiger partial charge on any atom is -0.322 e. The molecule has 5 rings (SSSR count). The van der Waals surface area contributed by atoms with Crippen molar-refractivity contribution < 1.29 is 18.8 Å². The fourth-order valence-electron chi connectivity index (χ4n) is 5.79. The zero-order valence-corrected chi connectivity index (χ0v) is 20.0. The van der Waals surface area contributed by atoms with Crippen LogP contribution >= 0.6 is 0 Å². The van der Waals surface area contributed by atoms with Crippen molar-refractivity contribution in [3.05, 3.63) is 70.5 Å². The first-order valence-electron chi connectivity index (χ1n) is 12.7. The molecule has 1 unspecified atom stereocenters. The average molecular weight is 478 g/mol. The minimum absolute atomic E-state index is 0.203. The maximum Gasteiger partial charge on any atom is 0.255 e. The van der Waals surface area contributed by atoms with Crippen molar-refractivity contribution in [1.82, 2.24) is 15.1 Å². The Bertz CT molecular complexity index is 1110. The largest absolute Gasteiger partial charge is 0.322 e. The third kappa shape index (κ3) is 5.15. The van der Waals surface area contributed by atoms with E-state index in [1.54, 1.807) is 6.07 Å². The van der Waals surface area contributed by atoms with Crippen molar-refractivity contribution in [3.63, 3.8) is 0 Å². The average Bonchev–Trinajstić information content (AvgIpc) is 3.18. The van der Waals surface area contributed by atoms with Crippen molar-refractivity contribution in [2.24, 2.45) is 0 Å². The number of aryl methyl sites for hydroxylation is 1. The zero-order valence-electron chi connectivity index (χ0n) is 20.0. The van der Waals surface area contributed by atoms with Crippen molar-refractivity contribution in [3.8, 4) is 0 Å². The number of unbranched alkanes of at least 4 members (excludes halogenated alkanes) is 1. The zero-order chi connectivity index (χ0) is 24.4. The second-order valence-electron chi connectivity index (χ2n) is 9.98. The van der Waals surface area contributed by atoms with Crippen LogP contribution in [0.15, 0.2) is 42.5 Å². The number of hydrogen-bond acceptors (Lipinski definition) is 4. The maximum absolute atomic E-state index is 14.6. The van der Waals surface area contributed by atoms with Crippen LogP contribution in [0, 0.1) is 5.82 Å². The Hall–Kier alpha value is -3.06. The van der Waals surface area contributed by atoms with Crippen LogP contribution in [0.3, 0.4) is 0 Å². The van der Waals surface area contributed by atoms with Gasteiger partial charge in [-0.15, -0.1) is 0 Å². The van der Waals surface area contributed by atoms with E-state index in [0.717, 1.165) is 56.4 Å². The summed E-state index contributed by atoms with van der Waals surface area (Å²) in [6.45, 7) is 3.30. The number of carbonyl (C=O) groups excluding carboxylic acids is 3. The highest BCUT2D eigenvalue weighted by Gasteiger charge is 2.41. The predicted molar refractivity (Wildman–Crippen MR) is 130 cm³/mol. The van der Waals surface area contributed by atoms with E-state index >= 15 is 0 Å². The third-order valence-electron chi connectivity index (χ3n) is 7.72. The van der Waals surface area contributed by atoms with Gasteiger partial charge < -0.3 is 9.80 Å². The molecule has 7 heteroatoms. The highest BCUT2D eigenvalue weighted by atomic mass is 19.1. The number of imide groups is 1. The summed E-state index contributed by atoms with van der Waals surface area (Å²) in [7, 11) is 0. The van der Waals surface area contributed by atoms with Crippen LogP contribution in [0.1, 0.15) is 71.5 Å². The highest BCUT2D eigenvalue weighted by molar-refractivity contribution is 6.05. The van der Waals surface area contributed by atoms with Crippen molar-refractivity contribution in [2.75, 3.05) is 19.6 Å². The summed E-state index contributed by atoms with van der Waals surface area (Å²) in [6, 6.07) is 12.8. The number of benzene rings is 2. The molecular weight excluding hydrogens is 445 g/mol. The first-order chi connectivity index (χ1) is 17.0. The van der Waals surface area contributed by atoms with E-state index in [4.69, 9.17) is 0 Å². The monoisotopic (exact) mass is 477 g/mol. The van der Waals surface area contributed by atoms with Gasteiger partial charge in [0.05, 0.1) is 0 Å². The summed E-state index contributed by atoms with van der Waals surface area (Å²) in [5.41, 5.74) is 3.51. The molecular formula is C28H32FN3O3. The Morgan fingerprint density at radius 1 is 0.971 bits per heavy atom. The highest BCUT2D eigenvalue weighted by Crippen LogP contribution is 2.37. The van der Waals surface area contributed by atoms with Crippen LogP contribution in [-0.4, -0.2) is 53.2 Å². The molecule has 0 aromatic heterocycles. The Balaban J connectivity index is 1.19. The Morgan fingerprint density at radius 3 is 2.49 bits per heavy atom. The van der Waals surface area contributed by atoms with Gasteiger partial charge in [0.15, 0.2) is 0 Å². The minimum atomic E-state index is -0.679. The van der Waals surface area contributed by atoms with Gasteiger partial charge in [-0.05, 0) is 92.9 Å². The standard InChI is InChI=1S/C28H32FN3O3/c29-21-16-22(20-11-14-31(15-12-20)13-5-4-8-19-6-2-1-3-7-19)24-18-32(28(35)23(24)17-21)25-9-10-26(33)30-27(25)34/h1-3,6-7,16-17,20,25H,4-5,8-15,18H2,(H,30,33,34). The molecule has 6 nitrogen and oxygen atoms in total. The summed E-state index contributed by atoms with van der Waals surface area (Å²) >= 11 is 0. The lowest BCUT2D eigenvalue weighted by molar-refractivity contribution is -0.136. The second-order valence-corrected chi connectivity index (χ2v) is 9.98. The van der Waals surface area contributed by atoms with E-state index in [-0.39, 0.29) is 24.2 Å². The van der Waals surface area contributed by atoms with E-state index in [1.165, 1.54) is 23.0 Å². The number of carbonyl (C=O) groups is 3. The van der Waals surface area contributed by atoms with Crippen molar-refractivity contribution in [2.45, 2.75) is 63.5 Å². The van der Waals surface area contributed by atoms with Gasteiger partial charge >= 0.3 is 0 Å². The van der Waals surface area contributed by atoms with Gasteiger partial charge in [-0.2, -0.15) is 0 Å². The number of likely N-dealkylation sites (tertiary alicyclic amines) is 1. The molecule has 3 aliphatic heterocycles. The molecule has 0 spiro atoms.